The van der Waals surface area contributed by atoms with E-state index in [-0.39, 0.29) is 5.92 Å². The molecule has 0 aliphatic carbocycles. The molecule has 0 bridgehead atoms. The van der Waals surface area contributed by atoms with E-state index < -0.39 is 5.97 Å². The molecular formula is C14H17N3O2. The van der Waals surface area contributed by atoms with Gasteiger partial charge >= 0.3 is 5.97 Å². The Balaban J connectivity index is 2.25. The molecule has 2 rings (SSSR count). The van der Waals surface area contributed by atoms with Crippen molar-refractivity contribution in [1.29, 1.82) is 5.26 Å². The van der Waals surface area contributed by atoms with Crippen molar-refractivity contribution in [2.45, 2.75) is 26.7 Å². The Morgan fingerprint density at radius 3 is 2.63 bits per heavy atom. The van der Waals surface area contributed by atoms with E-state index in [9.17, 15) is 10.1 Å². The lowest BCUT2D eigenvalue weighted by atomic mass is 9.96. The van der Waals surface area contributed by atoms with E-state index in [0.29, 0.717) is 31.5 Å². The predicted molar refractivity (Wildman–Crippen MR) is 71.0 cm³/mol. The molecule has 0 unspecified atom stereocenters. The lowest BCUT2D eigenvalue weighted by Gasteiger charge is -2.32. The average molecular weight is 259 g/mol. The van der Waals surface area contributed by atoms with Gasteiger partial charge in [0.1, 0.15) is 6.07 Å². The molecule has 1 aliphatic heterocycles. The highest BCUT2D eigenvalue weighted by Gasteiger charge is 2.26. The van der Waals surface area contributed by atoms with Crippen molar-refractivity contribution in [3.05, 3.63) is 23.0 Å². The number of aryl methyl sites for hydroxylation is 2. The van der Waals surface area contributed by atoms with Gasteiger partial charge in [-0.15, -0.1) is 0 Å². The number of piperidine rings is 1. The normalized spacial score (nSPS) is 16.2. The zero-order valence-corrected chi connectivity index (χ0v) is 11.2. The fourth-order valence-corrected chi connectivity index (χ4v) is 2.56. The molecule has 0 radical (unpaired) electrons. The zero-order valence-electron chi connectivity index (χ0n) is 11.2. The summed E-state index contributed by atoms with van der Waals surface area (Å²) in [5.74, 6) is -0.979. The Labute approximate surface area is 112 Å². The number of anilines is 1. The molecule has 1 saturated heterocycles. The number of aromatic nitrogens is 1. The number of aliphatic carboxylic acids is 1. The summed E-state index contributed by atoms with van der Waals surface area (Å²) in [5.41, 5.74) is 3.10. The first-order chi connectivity index (χ1) is 9.02. The minimum absolute atomic E-state index is 0.259. The molecule has 1 aliphatic rings. The highest BCUT2D eigenvalue weighted by Crippen LogP contribution is 2.28. The monoisotopic (exact) mass is 259 g/mol. The molecule has 1 N–H and O–H groups in total. The van der Waals surface area contributed by atoms with Crippen LogP contribution in [0, 0.1) is 31.1 Å². The van der Waals surface area contributed by atoms with Crippen molar-refractivity contribution in [1.82, 2.24) is 4.98 Å². The maximum Gasteiger partial charge on any atom is 0.306 e. The Bertz CT molecular complexity index is 540. The molecule has 0 aromatic carbocycles. The smallest absolute Gasteiger partial charge is 0.306 e. The summed E-state index contributed by atoms with van der Waals surface area (Å²) in [4.78, 5) is 17.3. The van der Waals surface area contributed by atoms with Crippen LogP contribution >= 0.6 is 0 Å². The van der Waals surface area contributed by atoms with Gasteiger partial charge in [0.05, 0.1) is 22.9 Å². The molecule has 2 heterocycles. The molecule has 0 spiro atoms. The van der Waals surface area contributed by atoms with E-state index in [2.05, 4.69) is 16.0 Å². The molecule has 5 nitrogen and oxygen atoms in total. The van der Waals surface area contributed by atoms with E-state index in [0.717, 1.165) is 17.1 Å². The Morgan fingerprint density at radius 1 is 1.47 bits per heavy atom. The molecule has 0 amide bonds. The molecule has 19 heavy (non-hydrogen) atoms. The highest BCUT2D eigenvalue weighted by atomic mass is 16.4. The molecule has 1 aromatic rings. The van der Waals surface area contributed by atoms with Gasteiger partial charge in [0.15, 0.2) is 0 Å². The van der Waals surface area contributed by atoms with E-state index in [4.69, 9.17) is 5.11 Å². The summed E-state index contributed by atoms with van der Waals surface area (Å²) in [6, 6.07) is 4.11. The number of carbonyl (C=O) groups is 1. The van der Waals surface area contributed by atoms with Gasteiger partial charge in [0.2, 0.25) is 0 Å². The van der Waals surface area contributed by atoms with Gasteiger partial charge in [-0.1, -0.05) is 0 Å². The Hall–Kier alpha value is -2.09. The number of hydrogen-bond acceptors (Lipinski definition) is 4. The van der Waals surface area contributed by atoms with Crippen LogP contribution in [0.25, 0.3) is 0 Å². The van der Waals surface area contributed by atoms with Gasteiger partial charge in [-0.2, -0.15) is 5.26 Å². The third-order valence-electron chi connectivity index (χ3n) is 3.60. The molecular weight excluding hydrogens is 242 g/mol. The second-order valence-corrected chi connectivity index (χ2v) is 4.95. The SMILES string of the molecule is Cc1cc(N2CCC(C(=O)O)CC2)c(C#N)c(C)n1. The van der Waals surface area contributed by atoms with Crippen LogP contribution in [0.3, 0.4) is 0 Å². The van der Waals surface area contributed by atoms with Crippen molar-refractivity contribution in [3.63, 3.8) is 0 Å². The number of rotatable bonds is 2. The number of carboxylic acids is 1. The lowest BCUT2D eigenvalue weighted by Crippen LogP contribution is -2.36. The Morgan fingerprint density at radius 2 is 2.11 bits per heavy atom. The zero-order chi connectivity index (χ0) is 14.0. The van der Waals surface area contributed by atoms with E-state index in [1.54, 1.807) is 0 Å². The average Bonchev–Trinajstić information content (AvgIpc) is 2.38. The van der Waals surface area contributed by atoms with Crippen LogP contribution in [0.4, 0.5) is 5.69 Å². The first-order valence-electron chi connectivity index (χ1n) is 6.39. The van der Waals surface area contributed by atoms with E-state index >= 15 is 0 Å². The third-order valence-corrected chi connectivity index (χ3v) is 3.60. The van der Waals surface area contributed by atoms with Crippen LogP contribution in [0.5, 0.6) is 0 Å². The first-order valence-corrected chi connectivity index (χ1v) is 6.39. The summed E-state index contributed by atoms with van der Waals surface area (Å²) in [6.07, 6.45) is 1.25. The van der Waals surface area contributed by atoms with Crippen LogP contribution in [-0.4, -0.2) is 29.1 Å². The number of carboxylic acid groups (broad SMARTS) is 1. The molecule has 0 atom stereocenters. The summed E-state index contributed by atoms with van der Waals surface area (Å²) in [7, 11) is 0. The predicted octanol–water partition coefficient (Wildman–Crippen LogP) is 1.87. The van der Waals surface area contributed by atoms with Crippen LogP contribution in [0.2, 0.25) is 0 Å². The topological polar surface area (TPSA) is 77.2 Å². The van der Waals surface area contributed by atoms with Crippen molar-refractivity contribution in [2.75, 3.05) is 18.0 Å². The molecule has 100 valence electrons. The summed E-state index contributed by atoms with van der Waals surface area (Å²) < 4.78 is 0. The van der Waals surface area contributed by atoms with Crippen LogP contribution in [-0.2, 0) is 4.79 Å². The first kappa shape index (κ1) is 13.3. The van der Waals surface area contributed by atoms with Gasteiger partial charge in [-0.05, 0) is 32.8 Å². The van der Waals surface area contributed by atoms with Gasteiger partial charge in [-0.25, -0.2) is 0 Å². The number of nitriles is 1. The van der Waals surface area contributed by atoms with Crippen LogP contribution < -0.4 is 4.90 Å². The summed E-state index contributed by atoms with van der Waals surface area (Å²) in [6.45, 7) is 5.09. The maximum absolute atomic E-state index is 10.9. The quantitative estimate of drug-likeness (QED) is 0.877. The fraction of sp³-hybridized carbons (Fsp3) is 0.500. The fourth-order valence-electron chi connectivity index (χ4n) is 2.56. The van der Waals surface area contributed by atoms with E-state index in [1.807, 2.05) is 19.9 Å². The number of hydrogen-bond donors (Lipinski definition) is 1. The molecule has 5 heteroatoms. The van der Waals surface area contributed by atoms with Crippen molar-refractivity contribution >= 4 is 11.7 Å². The maximum atomic E-state index is 10.9. The highest BCUT2D eigenvalue weighted by molar-refractivity contribution is 5.71. The molecule has 1 fully saturated rings. The standard InChI is InChI=1S/C14H17N3O2/c1-9-7-13(12(8-15)10(2)16-9)17-5-3-11(4-6-17)14(18)19/h7,11H,3-6H2,1-2H3,(H,18,19). The number of nitrogens with zero attached hydrogens (tertiary/aromatic N) is 3. The molecule has 1 aromatic heterocycles. The van der Waals surface area contributed by atoms with E-state index in [1.165, 1.54) is 0 Å². The summed E-state index contributed by atoms with van der Waals surface area (Å²) >= 11 is 0. The minimum atomic E-state index is -0.720. The van der Waals surface area contributed by atoms with Crippen LogP contribution in [0.15, 0.2) is 6.07 Å². The number of pyridine rings is 1. The summed E-state index contributed by atoms with van der Waals surface area (Å²) in [5, 5.41) is 18.3. The molecule has 0 saturated carbocycles. The second-order valence-electron chi connectivity index (χ2n) is 4.95. The van der Waals surface area contributed by atoms with Crippen LogP contribution in [0.1, 0.15) is 29.8 Å². The van der Waals surface area contributed by atoms with Crippen molar-refractivity contribution in [3.8, 4) is 6.07 Å². The van der Waals surface area contributed by atoms with Gasteiger partial charge in [0, 0.05) is 18.8 Å². The largest absolute Gasteiger partial charge is 0.481 e. The van der Waals surface area contributed by atoms with Crippen molar-refractivity contribution in [2.24, 2.45) is 5.92 Å². The Kier molecular flexibility index (Phi) is 3.70. The third kappa shape index (κ3) is 2.68. The van der Waals surface area contributed by atoms with Gasteiger partial charge < -0.3 is 10.0 Å². The minimum Gasteiger partial charge on any atom is -0.481 e. The van der Waals surface area contributed by atoms with Gasteiger partial charge in [0.25, 0.3) is 0 Å². The van der Waals surface area contributed by atoms with Gasteiger partial charge in [-0.3, -0.25) is 9.78 Å². The lowest BCUT2D eigenvalue weighted by molar-refractivity contribution is -0.142. The second kappa shape index (κ2) is 5.27. The van der Waals surface area contributed by atoms with Crippen molar-refractivity contribution < 1.29 is 9.90 Å².